The highest BCUT2D eigenvalue weighted by Crippen LogP contribution is 2.17. The molecule has 0 unspecified atom stereocenters. The molecule has 0 spiro atoms. The number of nitrogens with zero attached hydrogens (tertiary/aromatic N) is 1. The van der Waals surface area contributed by atoms with Crippen molar-refractivity contribution in [3.8, 4) is 11.5 Å². The zero-order valence-electron chi connectivity index (χ0n) is 14.1. The van der Waals surface area contributed by atoms with Gasteiger partial charge in [0.15, 0.2) is 0 Å². The molecule has 0 saturated carbocycles. The summed E-state index contributed by atoms with van der Waals surface area (Å²) in [7, 11) is 1.62. The maximum atomic E-state index is 13.1. The van der Waals surface area contributed by atoms with Gasteiger partial charge in [-0.05, 0) is 66.2 Å². The number of esters is 1. The van der Waals surface area contributed by atoms with Crippen LogP contribution in [0.15, 0.2) is 77.8 Å². The highest BCUT2D eigenvalue weighted by molar-refractivity contribution is 5.91. The van der Waals surface area contributed by atoms with E-state index < -0.39 is 11.8 Å². The van der Waals surface area contributed by atoms with E-state index >= 15 is 0 Å². The highest BCUT2D eigenvalue weighted by atomic mass is 19.1. The molecule has 0 radical (unpaired) electrons. The Balaban J connectivity index is 1.65. The van der Waals surface area contributed by atoms with Gasteiger partial charge in [-0.1, -0.05) is 6.07 Å². The fraction of sp³-hybridized carbons (Fsp3) is 0.0476. The first kappa shape index (κ1) is 17.4. The largest absolute Gasteiger partial charge is 0.497 e. The summed E-state index contributed by atoms with van der Waals surface area (Å²) in [4.78, 5) is 16.4. The Kier molecular flexibility index (Phi) is 5.39. The Morgan fingerprint density at radius 3 is 2.35 bits per heavy atom. The fourth-order valence-corrected chi connectivity index (χ4v) is 2.22. The second-order valence-electron chi connectivity index (χ2n) is 5.43. The van der Waals surface area contributed by atoms with Crippen LogP contribution in [0.1, 0.15) is 15.9 Å². The molecule has 0 saturated heterocycles. The Morgan fingerprint density at radius 2 is 1.69 bits per heavy atom. The number of aliphatic imine (C=N–C) groups is 1. The number of carbonyl (C=O) groups is 1. The SMILES string of the molecule is COc1ccc(C=Nc2ccc(C(=O)Oc3cccc(F)c3)cc2)cc1. The van der Waals surface area contributed by atoms with Crippen molar-refractivity contribution in [2.24, 2.45) is 4.99 Å². The molecule has 4 nitrogen and oxygen atoms in total. The van der Waals surface area contributed by atoms with Gasteiger partial charge in [-0.2, -0.15) is 0 Å². The molecule has 26 heavy (non-hydrogen) atoms. The average Bonchev–Trinajstić information content (AvgIpc) is 2.67. The van der Waals surface area contributed by atoms with Crippen LogP contribution >= 0.6 is 0 Å². The summed E-state index contributed by atoms with van der Waals surface area (Å²) in [5, 5.41) is 0. The van der Waals surface area contributed by atoms with Gasteiger partial charge in [0.1, 0.15) is 17.3 Å². The summed E-state index contributed by atoms with van der Waals surface area (Å²) in [6, 6.07) is 19.6. The average molecular weight is 349 g/mol. The quantitative estimate of drug-likeness (QED) is 0.377. The molecule has 0 aliphatic heterocycles. The number of carbonyl (C=O) groups excluding carboxylic acids is 1. The fourth-order valence-electron chi connectivity index (χ4n) is 2.22. The van der Waals surface area contributed by atoms with Crippen molar-refractivity contribution in [1.29, 1.82) is 0 Å². The molecule has 3 rings (SSSR count). The number of hydrogen-bond acceptors (Lipinski definition) is 4. The second-order valence-corrected chi connectivity index (χ2v) is 5.43. The lowest BCUT2D eigenvalue weighted by atomic mass is 10.2. The van der Waals surface area contributed by atoms with E-state index in [-0.39, 0.29) is 5.75 Å². The van der Waals surface area contributed by atoms with Crippen molar-refractivity contribution < 1.29 is 18.7 Å². The molecule has 0 aliphatic carbocycles. The van der Waals surface area contributed by atoms with Crippen molar-refractivity contribution in [3.63, 3.8) is 0 Å². The monoisotopic (exact) mass is 349 g/mol. The molecule has 130 valence electrons. The molecular weight excluding hydrogens is 333 g/mol. The third-order valence-corrected chi connectivity index (χ3v) is 3.59. The summed E-state index contributed by atoms with van der Waals surface area (Å²) in [6.45, 7) is 0. The van der Waals surface area contributed by atoms with Gasteiger partial charge in [0.05, 0.1) is 18.4 Å². The van der Waals surface area contributed by atoms with Crippen molar-refractivity contribution in [1.82, 2.24) is 0 Å². The van der Waals surface area contributed by atoms with Crippen molar-refractivity contribution in [2.75, 3.05) is 7.11 Å². The number of halogens is 1. The van der Waals surface area contributed by atoms with Crippen LogP contribution in [-0.2, 0) is 0 Å². The highest BCUT2D eigenvalue weighted by Gasteiger charge is 2.08. The van der Waals surface area contributed by atoms with Gasteiger partial charge in [-0.3, -0.25) is 4.99 Å². The van der Waals surface area contributed by atoms with Gasteiger partial charge in [-0.25, -0.2) is 9.18 Å². The molecule has 0 heterocycles. The van der Waals surface area contributed by atoms with E-state index in [1.165, 1.54) is 18.2 Å². The molecule has 0 atom stereocenters. The van der Waals surface area contributed by atoms with Gasteiger partial charge in [0, 0.05) is 12.3 Å². The van der Waals surface area contributed by atoms with Crippen molar-refractivity contribution in [2.45, 2.75) is 0 Å². The minimum Gasteiger partial charge on any atom is -0.497 e. The van der Waals surface area contributed by atoms with Crippen molar-refractivity contribution in [3.05, 3.63) is 89.7 Å². The Morgan fingerprint density at radius 1 is 0.962 bits per heavy atom. The first-order valence-electron chi connectivity index (χ1n) is 7.90. The number of benzene rings is 3. The zero-order valence-corrected chi connectivity index (χ0v) is 14.1. The van der Waals surface area contributed by atoms with Gasteiger partial charge in [0.2, 0.25) is 0 Å². The first-order chi connectivity index (χ1) is 12.6. The smallest absolute Gasteiger partial charge is 0.343 e. The summed E-state index contributed by atoms with van der Waals surface area (Å²) in [6.07, 6.45) is 1.72. The van der Waals surface area contributed by atoms with Crippen LogP contribution in [0.5, 0.6) is 11.5 Å². The molecule has 0 bridgehead atoms. The van der Waals surface area contributed by atoms with E-state index in [1.807, 2.05) is 24.3 Å². The van der Waals surface area contributed by atoms with Gasteiger partial charge >= 0.3 is 5.97 Å². The number of methoxy groups -OCH3 is 1. The van der Waals surface area contributed by atoms with Crippen LogP contribution < -0.4 is 9.47 Å². The third kappa shape index (κ3) is 4.54. The predicted molar refractivity (Wildman–Crippen MR) is 98.0 cm³/mol. The molecule has 0 fully saturated rings. The topological polar surface area (TPSA) is 47.9 Å². The van der Waals surface area contributed by atoms with Crippen LogP contribution in [-0.4, -0.2) is 19.3 Å². The Bertz CT molecular complexity index is 919. The van der Waals surface area contributed by atoms with E-state index in [2.05, 4.69) is 4.99 Å². The predicted octanol–water partition coefficient (Wildman–Crippen LogP) is 4.80. The molecule has 3 aromatic carbocycles. The normalized spacial score (nSPS) is 10.7. The Labute approximate surface area is 150 Å². The summed E-state index contributed by atoms with van der Waals surface area (Å²) in [5.74, 6) is -0.0697. The maximum absolute atomic E-state index is 13.1. The molecule has 0 aromatic heterocycles. The summed E-state index contributed by atoms with van der Waals surface area (Å²) >= 11 is 0. The van der Waals surface area contributed by atoms with Crippen LogP contribution in [0.4, 0.5) is 10.1 Å². The number of rotatable bonds is 5. The third-order valence-electron chi connectivity index (χ3n) is 3.59. The molecule has 3 aromatic rings. The molecular formula is C21H16FNO3. The van der Waals surface area contributed by atoms with Crippen molar-refractivity contribution >= 4 is 17.9 Å². The van der Waals surface area contributed by atoms with Crippen LogP contribution in [0.25, 0.3) is 0 Å². The molecule has 0 amide bonds. The minimum atomic E-state index is -0.554. The van der Waals surface area contributed by atoms with E-state index in [1.54, 1.807) is 37.6 Å². The van der Waals surface area contributed by atoms with Gasteiger partial charge in [-0.15, -0.1) is 0 Å². The first-order valence-corrected chi connectivity index (χ1v) is 7.90. The van der Waals surface area contributed by atoms with E-state index in [0.717, 1.165) is 17.4 Å². The molecule has 5 heteroatoms. The molecule has 0 N–H and O–H groups in total. The van der Waals surface area contributed by atoms with Crippen LogP contribution in [0.2, 0.25) is 0 Å². The van der Waals surface area contributed by atoms with Crippen LogP contribution in [0.3, 0.4) is 0 Å². The second kappa shape index (κ2) is 8.07. The van der Waals surface area contributed by atoms with E-state index in [4.69, 9.17) is 9.47 Å². The lowest BCUT2D eigenvalue weighted by Gasteiger charge is -2.04. The standard InChI is InChI=1S/C21H16FNO3/c1-25-19-11-5-15(6-12-19)14-23-18-9-7-16(8-10-18)21(24)26-20-4-2-3-17(22)13-20/h2-14H,1H3. The van der Waals surface area contributed by atoms with E-state index in [0.29, 0.717) is 11.3 Å². The summed E-state index contributed by atoms with van der Waals surface area (Å²) in [5.41, 5.74) is 1.99. The lowest BCUT2D eigenvalue weighted by Crippen LogP contribution is -2.08. The minimum absolute atomic E-state index is 0.164. The van der Waals surface area contributed by atoms with Gasteiger partial charge < -0.3 is 9.47 Å². The lowest BCUT2D eigenvalue weighted by molar-refractivity contribution is 0.0734. The number of ether oxygens (including phenoxy) is 2. The van der Waals surface area contributed by atoms with E-state index in [9.17, 15) is 9.18 Å². The maximum Gasteiger partial charge on any atom is 0.343 e. The van der Waals surface area contributed by atoms with Gasteiger partial charge in [0.25, 0.3) is 0 Å². The summed E-state index contributed by atoms with van der Waals surface area (Å²) < 4.78 is 23.4. The van der Waals surface area contributed by atoms with Crippen LogP contribution in [0, 0.1) is 5.82 Å². The molecule has 0 aliphatic rings. The Hall–Kier alpha value is -3.47. The zero-order chi connectivity index (χ0) is 18.4. The number of hydrogen-bond donors (Lipinski definition) is 0.